The second-order valence-corrected chi connectivity index (χ2v) is 5.27. The third-order valence-electron chi connectivity index (χ3n) is 3.15. The molecule has 3 heteroatoms. The summed E-state index contributed by atoms with van der Waals surface area (Å²) >= 11 is 0. The molecule has 1 aromatic carbocycles. The van der Waals surface area contributed by atoms with Crippen LogP contribution >= 0.6 is 0 Å². The number of carbonyl (C=O) groups excluding carboxylic acids is 1. The number of hydrogen-bond donors (Lipinski definition) is 2. The Bertz CT molecular complexity index is 382. The Morgan fingerprint density at radius 3 is 2.39 bits per heavy atom. The van der Waals surface area contributed by atoms with Crippen molar-refractivity contribution in [3.8, 4) is 0 Å². The molecule has 1 aromatic rings. The van der Waals surface area contributed by atoms with Gasteiger partial charge in [-0.15, -0.1) is 0 Å². The molecule has 0 radical (unpaired) electrons. The van der Waals surface area contributed by atoms with Crippen molar-refractivity contribution in [2.24, 2.45) is 0 Å². The van der Waals surface area contributed by atoms with Crippen LogP contribution in [0.5, 0.6) is 0 Å². The van der Waals surface area contributed by atoms with Crippen molar-refractivity contribution in [1.29, 1.82) is 0 Å². The van der Waals surface area contributed by atoms with Crippen molar-refractivity contribution in [2.75, 3.05) is 13.2 Å². The van der Waals surface area contributed by atoms with Gasteiger partial charge in [-0.25, -0.2) is 0 Å². The lowest BCUT2D eigenvalue weighted by molar-refractivity contribution is -0.124. The van der Waals surface area contributed by atoms with Gasteiger partial charge < -0.3 is 10.4 Å². The topological polar surface area (TPSA) is 49.3 Å². The van der Waals surface area contributed by atoms with Gasteiger partial charge in [0, 0.05) is 12.0 Å². The maximum atomic E-state index is 11.1. The third kappa shape index (κ3) is 4.15. The van der Waals surface area contributed by atoms with Crippen molar-refractivity contribution in [1.82, 2.24) is 5.32 Å². The van der Waals surface area contributed by atoms with Crippen LogP contribution in [0, 0.1) is 0 Å². The van der Waals surface area contributed by atoms with Crippen LogP contribution in [-0.4, -0.2) is 24.2 Å². The van der Waals surface area contributed by atoms with Gasteiger partial charge in [-0.2, -0.15) is 0 Å². The van der Waals surface area contributed by atoms with Gasteiger partial charge in [0.25, 0.3) is 0 Å². The Balaban J connectivity index is 2.68. The smallest absolute Gasteiger partial charge is 0.245 e. The minimum absolute atomic E-state index is 0.129. The average molecular weight is 249 g/mol. The molecule has 1 rings (SSSR count). The van der Waals surface area contributed by atoms with E-state index in [0.29, 0.717) is 6.54 Å². The fraction of sp³-hybridized carbons (Fsp3) is 0.533. The standard InChI is InChI=1S/C15H23NO2/c1-4-5-12-6-8-13(9-7-12)15(2,3)11-16-14(18)10-17/h6-9,17H,4-5,10-11H2,1-3H3,(H,16,18). The van der Waals surface area contributed by atoms with Gasteiger partial charge in [-0.05, 0) is 17.5 Å². The molecule has 0 aliphatic heterocycles. The lowest BCUT2D eigenvalue weighted by atomic mass is 9.84. The maximum Gasteiger partial charge on any atom is 0.245 e. The summed E-state index contributed by atoms with van der Waals surface area (Å²) in [5, 5.41) is 11.4. The zero-order valence-corrected chi connectivity index (χ0v) is 11.5. The molecule has 18 heavy (non-hydrogen) atoms. The highest BCUT2D eigenvalue weighted by Crippen LogP contribution is 2.22. The summed E-state index contributed by atoms with van der Waals surface area (Å²) in [4.78, 5) is 11.1. The highest BCUT2D eigenvalue weighted by Gasteiger charge is 2.21. The summed E-state index contributed by atoms with van der Waals surface area (Å²) in [6.45, 7) is 6.41. The minimum atomic E-state index is -0.453. The normalized spacial score (nSPS) is 11.3. The molecule has 1 amide bonds. The lowest BCUT2D eigenvalue weighted by Gasteiger charge is -2.25. The van der Waals surface area contributed by atoms with Gasteiger partial charge in [0.1, 0.15) is 6.61 Å². The van der Waals surface area contributed by atoms with Gasteiger partial charge in [0.05, 0.1) is 0 Å². The van der Waals surface area contributed by atoms with E-state index in [9.17, 15) is 4.79 Å². The quantitative estimate of drug-likeness (QED) is 0.810. The molecule has 2 N–H and O–H groups in total. The summed E-state index contributed by atoms with van der Waals surface area (Å²) in [5.41, 5.74) is 2.41. The monoisotopic (exact) mass is 249 g/mol. The first-order valence-corrected chi connectivity index (χ1v) is 6.46. The zero-order chi connectivity index (χ0) is 13.6. The first-order valence-electron chi connectivity index (χ1n) is 6.46. The van der Waals surface area contributed by atoms with Crippen LogP contribution in [0.2, 0.25) is 0 Å². The molecule has 0 heterocycles. The Morgan fingerprint density at radius 1 is 1.28 bits per heavy atom. The van der Waals surface area contributed by atoms with E-state index >= 15 is 0 Å². The lowest BCUT2D eigenvalue weighted by Crippen LogP contribution is -2.37. The van der Waals surface area contributed by atoms with E-state index in [0.717, 1.165) is 12.8 Å². The molecular weight excluding hydrogens is 226 g/mol. The summed E-state index contributed by atoms with van der Waals surface area (Å²) in [5.74, 6) is -0.328. The van der Waals surface area contributed by atoms with Gasteiger partial charge >= 0.3 is 0 Å². The number of aliphatic hydroxyl groups is 1. The summed E-state index contributed by atoms with van der Waals surface area (Å²) in [6, 6.07) is 8.54. The van der Waals surface area contributed by atoms with E-state index in [-0.39, 0.29) is 11.3 Å². The van der Waals surface area contributed by atoms with Crippen LogP contribution in [0.15, 0.2) is 24.3 Å². The molecule has 0 saturated carbocycles. The second-order valence-electron chi connectivity index (χ2n) is 5.27. The van der Waals surface area contributed by atoms with Crippen LogP contribution < -0.4 is 5.32 Å². The van der Waals surface area contributed by atoms with Crippen LogP contribution in [0.4, 0.5) is 0 Å². The van der Waals surface area contributed by atoms with E-state index in [1.54, 1.807) is 0 Å². The van der Waals surface area contributed by atoms with Gasteiger partial charge in [-0.3, -0.25) is 4.79 Å². The molecule has 0 aliphatic carbocycles. The van der Waals surface area contributed by atoms with Crippen molar-refractivity contribution in [3.05, 3.63) is 35.4 Å². The number of nitrogens with one attached hydrogen (secondary N) is 1. The summed E-state index contributed by atoms with van der Waals surface area (Å²) in [7, 11) is 0. The first-order chi connectivity index (χ1) is 8.49. The maximum absolute atomic E-state index is 11.1. The average Bonchev–Trinajstić information content (AvgIpc) is 2.37. The van der Waals surface area contributed by atoms with Crippen molar-refractivity contribution in [3.63, 3.8) is 0 Å². The molecule has 100 valence electrons. The Labute approximate surface area is 109 Å². The van der Waals surface area contributed by atoms with Crippen molar-refractivity contribution < 1.29 is 9.90 Å². The number of aryl methyl sites for hydroxylation is 1. The fourth-order valence-electron chi connectivity index (χ4n) is 1.89. The Morgan fingerprint density at radius 2 is 1.89 bits per heavy atom. The number of benzene rings is 1. The zero-order valence-electron chi connectivity index (χ0n) is 11.5. The predicted octanol–water partition coefficient (Wildman–Crippen LogP) is 2.03. The summed E-state index contributed by atoms with van der Waals surface area (Å²) < 4.78 is 0. The molecule has 0 fully saturated rings. The minimum Gasteiger partial charge on any atom is -0.387 e. The SMILES string of the molecule is CCCc1ccc(C(C)(C)CNC(=O)CO)cc1. The largest absolute Gasteiger partial charge is 0.387 e. The number of hydrogen-bond acceptors (Lipinski definition) is 2. The molecule has 0 atom stereocenters. The number of aliphatic hydroxyl groups excluding tert-OH is 1. The van der Waals surface area contributed by atoms with E-state index in [1.807, 2.05) is 0 Å². The molecule has 0 unspecified atom stereocenters. The van der Waals surface area contributed by atoms with E-state index in [4.69, 9.17) is 5.11 Å². The summed E-state index contributed by atoms with van der Waals surface area (Å²) in [6.07, 6.45) is 2.25. The van der Waals surface area contributed by atoms with Gasteiger partial charge in [-0.1, -0.05) is 51.5 Å². The molecule has 0 aliphatic rings. The Hall–Kier alpha value is -1.35. The molecule has 0 bridgehead atoms. The van der Waals surface area contributed by atoms with Crippen LogP contribution in [0.1, 0.15) is 38.3 Å². The van der Waals surface area contributed by atoms with E-state index in [2.05, 4.69) is 50.4 Å². The number of rotatable bonds is 6. The molecule has 0 aromatic heterocycles. The van der Waals surface area contributed by atoms with E-state index in [1.165, 1.54) is 11.1 Å². The highest BCUT2D eigenvalue weighted by atomic mass is 16.3. The molecular formula is C15H23NO2. The Kier molecular flexibility index (Phi) is 5.35. The molecule has 0 saturated heterocycles. The number of carbonyl (C=O) groups is 1. The van der Waals surface area contributed by atoms with Crippen molar-refractivity contribution >= 4 is 5.91 Å². The van der Waals surface area contributed by atoms with Gasteiger partial charge in [0.2, 0.25) is 5.91 Å². The van der Waals surface area contributed by atoms with Crippen LogP contribution in [-0.2, 0) is 16.6 Å². The molecule has 0 spiro atoms. The fourth-order valence-corrected chi connectivity index (χ4v) is 1.89. The van der Waals surface area contributed by atoms with Crippen LogP contribution in [0.25, 0.3) is 0 Å². The molecule has 3 nitrogen and oxygen atoms in total. The second kappa shape index (κ2) is 6.55. The highest BCUT2D eigenvalue weighted by molar-refractivity contribution is 5.76. The van der Waals surface area contributed by atoms with Crippen LogP contribution in [0.3, 0.4) is 0 Å². The van der Waals surface area contributed by atoms with Crippen molar-refractivity contribution in [2.45, 2.75) is 39.0 Å². The first kappa shape index (κ1) is 14.7. The van der Waals surface area contributed by atoms with E-state index < -0.39 is 6.61 Å². The predicted molar refractivity (Wildman–Crippen MR) is 73.6 cm³/mol. The van der Waals surface area contributed by atoms with Gasteiger partial charge in [0.15, 0.2) is 0 Å². The third-order valence-corrected chi connectivity index (χ3v) is 3.15. The number of amides is 1.